The number of benzene rings is 2. The lowest BCUT2D eigenvalue weighted by Crippen LogP contribution is -2.11. The Hall–Kier alpha value is -2.40. The third-order valence-electron chi connectivity index (χ3n) is 3.12. The highest BCUT2D eigenvalue weighted by Crippen LogP contribution is 2.33. The second-order valence-corrected chi connectivity index (χ2v) is 5.01. The summed E-state index contributed by atoms with van der Waals surface area (Å²) in [5.74, 6) is 1.54. The van der Waals surface area contributed by atoms with Crippen LogP contribution in [0.4, 0.5) is 5.69 Å². The van der Waals surface area contributed by atoms with E-state index in [1.165, 1.54) is 0 Å². The minimum atomic E-state index is -0.251. The van der Waals surface area contributed by atoms with Gasteiger partial charge in [0, 0.05) is 11.3 Å². The Morgan fingerprint density at radius 2 is 2.05 bits per heavy atom. The fourth-order valence-corrected chi connectivity index (χ4v) is 2.33. The molecule has 0 spiro atoms. The van der Waals surface area contributed by atoms with E-state index >= 15 is 0 Å². The van der Waals surface area contributed by atoms with E-state index in [-0.39, 0.29) is 12.7 Å². The van der Waals surface area contributed by atoms with E-state index in [0.29, 0.717) is 40.1 Å². The van der Waals surface area contributed by atoms with Gasteiger partial charge in [-0.15, -0.1) is 0 Å². The van der Waals surface area contributed by atoms with Crippen molar-refractivity contribution in [2.45, 2.75) is 6.92 Å². The molecule has 2 aromatic carbocycles. The third-order valence-corrected chi connectivity index (χ3v) is 3.42. The van der Waals surface area contributed by atoms with Gasteiger partial charge in [0.25, 0.3) is 5.91 Å². The lowest BCUT2D eigenvalue weighted by molar-refractivity contribution is 0.102. The first-order valence-electron chi connectivity index (χ1n) is 6.80. The molecule has 1 N–H and O–H groups in total. The van der Waals surface area contributed by atoms with Crippen molar-refractivity contribution in [3.63, 3.8) is 0 Å². The molecule has 22 heavy (non-hydrogen) atoms. The average molecular weight is 320 g/mol. The maximum atomic E-state index is 12.3. The van der Waals surface area contributed by atoms with Crippen molar-refractivity contribution in [2.75, 3.05) is 18.7 Å². The zero-order chi connectivity index (χ0) is 15.5. The molecule has 2 aromatic rings. The summed E-state index contributed by atoms with van der Waals surface area (Å²) in [6.45, 7) is 2.59. The van der Waals surface area contributed by atoms with Crippen molar-refractivity contribution in [3.05, 3.63) is 47.0 Å². The molecule has 0 aliphatic carbocycles. The molecule has 0 radical (unpaired) electrons. The number of fused-ring (bicyclic) bond motifs is 1. The van der Waals surface area contributed by atoms with Crippen LogP contribution >= 0.6 is 11.6 Å². The Kier molecular flexibility index (Phi) is 4.06. The van der Waals surface area contributed by atoms with Crippen LogP contribution in [0, 0.1) is 0 Å². The van der Waals surface area contributed by atoms with E-state index in [0.717, 1.165) is 0 Å². The number of rotatable bonds is 4. The molecule has 0 saturated carbocycles. The first kappa shape index (κ1) is 14.5. The highest BCUT2D eigenvalue weighted by atomic mass is 35.5. The maximum absolute atomic E-state index is 12.3. The van der Waals surface area contributed by atoms with Gasteiger partial charge in [-0.25, -0.2) is 0 Å². The van der Waals surface area contributed by atoms with Gasteiger partial charge in [0.15, 0.2) is 11.5 Å². The smallest absolute Gasteiger partial charge is 0.255 e. The summed E-state index contributed by atoms with van der Waals surface area (Å²) < 4.78 is 15.8. The Balaban J connectivity index is 1.75. The standard InChI is InChI=1S/C16H14ClNO4/c1-2-20-13-6-4-11(8-12(13)17)18-16(19)10-3-5-14-15(7-10)22-9-21-14/h3-8H,2,9H2,1H3,(H,18,19). The minimum absolute atomic E-state index is 0.176. The topological polar surface area (TPSA) is 56.8 Å². The molecule has 5 nitrogen and oxygen atoms in total. The van der Waals surface area contributed by atoms with Gasteiger partial charge in [-0.3, -0.25) is 4.79 Å². The summed E-state index contributed by atoms with van der Waals surface area (Å²) in [6.07, 6.45) is 0. The van der Waals surface area contributed by atoms with Gasteiger partial charge in [-0.2, -0.15) is 0 Å². The molecule has 0 atom stereocenters. The van der Waals surface area contributed by atoms with Crippen LogP contribution in [0.5, 0.6) is 17.2 Å². The molecule has 6 heteroatoms. The van der Waals surface area contributed by atoms with Crippen LogP contribution < -0.4 is 19.5 Å². The van der Waals surface area contributed by atoms with E-state index < -0.39 is 0 Å². The van der Waals surface area contributed by atoms with Gasteiger partial charge in [0.2, 0.25) is 6.79 Å². The van der Waals surface area contributed by atoms with Crippen molar-refractivity contribution in [3.8, 4) is 17.2 Å². The van der Waals surface area contributed by atoms with Crippen molar-refractivity contribution in [2.24, 2.45) is 0 Å². The summed E-state index contributed by atoms with van der Waals surface area (Å²) in [5, 5.41) is 3.23. The van der Waals surface area contributed by atoms with Gasteiger partial charge < -0.3 is 19.5 Å². The van der Waals surface area contributed by atoms with E-state index in [4.69, 9.17) is 25.8 Å². The molecule has 1 amide bonds. The normalized spacial score (nSPS) is 12.1. The van der Waals surface area contributed by atoms with Gasteiger partial charge in [-0.05, 0) is 43.3 Å². The Labute approximate surface area is 132 Å². The maximum Gasteiger partial charge on any atom is 0.255 e. The Morgan fingerprint density at radius 3 is 2.82 bits per heavy atom. The number of nitrogens with one attached hydrogen (secondary N) is 1. The van der Waals surface area contributed by atoms with Crippen molar-refractivity contribution in [1.82, 2.24) is 0 Å². The quantitative estimate of drug-likeness (QED) is 0.933. The molecule has 0 aromatic heterocycles. The number of anilines is 1. The molecule has 0 saturated heterocycles. The van der Waals surface area contributed by atoms with E-state index in [2.05, 4.69) is 5.32 Å². The number of carbonyl (C=O) groups excluding carboxylic acids is 1. The highest BCUT2D eigenvalue weighted by molar-refractivity contribution is 6.32. The number of hydrogen-bond acceptors (Lipinski definition) is 4. The largest absolute Gasteiger partial charge is 0.492 e. The Bertz CT molecular complexity index is 717. The SMILES string of the molecule is CCOc1ccc(NC(=O)c2ccc3c(c2)OCO3)cc1Cl. The Morgan fingerprint density at radius 1 is 1.23 bits per heavy atom. The predicted octanol–water partition coefficient (Wildman–Crippen LogP) is 3.72. The molecule has 114 valence electrons. The van der Waals surface area contributed by atoms with Crippen LogP contribution in [-0.2, 0) is 0 Å². The predicted molar refractivity (Wildman–Crippen MR) is 83.1 cm³/mol. The van der Waals surface area contributed by atoms with E-state index in [1.54, 1.807) is 36.4 Å². The fourth-order valence-electron chi connectivity index (χ4n) is 2.09. The minimum Gasteiger partial charge on any atom is -0.492 e. The average Bonchev–Trinajstić information content (AvgIpc) is 2.97. The zero-order valence-corrected chi connectivity index (χ0v) is 12.6. The fraction of sp³-hybridized carbons (Fsp3) is 0.188. The number of carbonyl (C=O) groups is 1. The summed E-state index contributed by atoms with van der Waals surface area (Å²) in [7, 11) is 0. The van der Waals surface area contributed by atoms with Crippen molar-refractivity contribution in [1.29, 1.82) is 0 Å². The van der Waals surface area contributed by atoms with Crippen LogP contribution in [0.3, 0.4) is 0 Å². The summed E-state index contributed by atoms with van der Waals surface area (Å²) in [4.78, 5) is 12.3. The second-order valence-electron chi connectivity index (χ2n) is 4.60. The molecule has 0 fully saturated rings. The summed E-state index contributed by atoms with van der Waals surface area (Å²) in [6, 6.07) is 10.1. The molecule has 1 aliphatic heterocycles. The van der Waals surface area contributed by atoms with Crippen LogP contribution in [0.2, 0.25) is 5.02 Å². The lowest BCUT2D eigenvalue weighted by atomic mass is 10.2. The third kappa shape index (κ3) is 2.94. The van der Waals surface area contributed by atoms with Crippen LogP contribution in [0.25, 0.3) is 0 Å². The zero-order valence-electron chi connectivity index (χ0n) is 11.9. The lowest BCUT2D eigenvalue weighted by Gasteiger charge is -2.09. The van der Waals surface area contributed by atoms with Crippen molar-refractivity contribution >= 4 is 23.2 Å². The second kappa shape index (κ2) is 6.15. The van der Waals surface area contributed by atoms with Crippen LogP contribution in [0.15, 0.2) is 36.4 Å². The number of ether oxygens (including phenoxy) is 3. The summed E-state index contributed by atoms with van der Waals surface area (Å²) in [5.41, 5.74) is 1.07. The number of hydrogen-bond donors (Lipinski definition) is 1. The molecule has 0 bridgehead atoms. The molecular formula is C16H14ClNO4. The first-order chi connectivity index (χ1) is 10.7. The molecule has 3 rings (SSSR count). The van der Waals surface area contributed by atoms with Crippen LogP contribution in [-0.4, -0.2) is 19.3 Å². The number of halogens is 1. The van der Waals surface area contributed by atoms with Gasteiger partial charge in [-0.1, -0.05) is 11.6 Å². The number of amides is 1. The van der Waals surface area contributed by atoms with Gasteiger partial charge in [0.1, 0.15) is 5.75 Å². The monoisotopic (exact) mass is 319 g/mol. The van der Waals surface area contributed by atoms with Crippen molar-refractivity contribution < 1.29 is 19.0 Å². The molecular weight excluding hydrogens is 306 g/mol. The van der Waals surface area contributed by atoms with Gasteiger partial charge in [0.05, 0.1) is 11.6 Å². The summed E-state index contributed by atoms with van der Waals surface area (Å²) >= 11 is 6.10. The molecule has 1 aliphatic rings. The van der Waals surface area contributed by atoms with E-state index in [9.17, 15) is 4.79 Å². The molecule has 1 heterocycles. The highest BCUT2D eigenvalue weighted by Gasteiger charge is 2.16. The molecule has 0 unspecified atom stereocenters. The van der Waals surface area contributed by atoms with Gasteiger partial charge >= 0.3 is 0 Å². The van der Waals surface area contributed by atoms with Crippen LogP contribution in [0.1, 0.15) is 17.3 Å². The first-order valence-corrected chi connectivity index (χ1v) is 7.18. The van der Waals surface area contributed by atoms with E-state index in [1.807, 2.05) is 6.92 Å².